The number of benzene rings is 1. The summed E-state index contributed by atoms with van der Waals surface area (Å²) in [4.78, 5) is 14.2. The van der Waals surface area contributed by atoms with Crippen molar-refractivity contribution in [1.29, 1.82) is 0 Å². The van der Waals surface area contributed by atoms with Crippen LogP contribution in [0, 0.1) is 0 Å². The molecule has 0 radical (unpaired) electrons. The molecular formula is C15H25N3O. The topological polar surface area (TPSA) is 58.4 Å². The van der Waals surface area contributed by atoms with E-state index in [1.165, 1.54) is 0 Å². The summed E-state index contributed by atoms with van der Waals surface area (Å²) >= 11 is 0. The van der Waals surface area contributed by atoms with Crippen LogP contribution in [-0.4, -0.2) is 30.4 Å². The lowest BCUT2D eigenvalue weighted by Gasteiger charge is -2.23. The fraction of sp³-hybridized carbons (Fsp3) is 0.533. The largest absolute Gasteiger partial charge is 0.326 e. The molecule has 0 saturated heterocycles. The SMILES string of the molecule is CCCCN(C)C(C)C(=O)Nc1ccc(CN)cc1. The maximum atomic E-state index is 12.1. The summed E-state index contributed by atoms with van der Waals surface area (Å²) in [6.45, 7) is 5.54. The zero-order chi connectivity index (χ0) is 14.3. The minimum absolute atomic E-state index is 0.0269. The monoisotopic (exact) mass is 263 g/mol. The van der Waals surface area contributed by atoms with E-state index in [0.29, 0.717) is 6.54 Å². The van der Waals surface area contributed by atoms with E-state index in [4.69, 9.17) is 5.73 Å². The predicted molar refractivity (Wildman–Crippen MR) is 80.0 cm³/mol. The zero-order valence-electron chi connectivity index (χ0n) is 12.1. The highest BCUT2D eigenvalue weighted by Crippen LogP contribution is 2.10. The Hall–Kier alpha value is -1.39. The Morgan fingerprint density at radius 1 is 1.37 bits per heavy atom. The summed E-state index contributed by atoms with van der Waals surface area (Å²) < 4.78 is 0. The number of unbranched alkanes of at least 4 members (excludes halogenated alkanes) is 1. The summed E-state index contributed by atoms with van der Waals surface area (Å²) in [6.07, 6.45) is 2.25. The molecule has 4 heteroatoms. The van der Waals surface area contributed by atoms with Gasteiger partial charge in [0.1, 0.15) is 0 Å². The molecule has 0 bridgehead atoms. The maximum absolute atomic E-state index is 12.1. The molecule has 1 atom stereocenters. The van der Waals surface area contributed by atoms with Gasteiger partial charge in [-0.15, -0.1) is 0 Å². The third-order valence-corrected chi connectivity index (χ3v) is 3.36. The lowest BCUT2D eigenvalue weighted by atomic mass is 10.2. The van der Waals surface area contributed by atoms with Gasteiger partial charge < -0.3 is 11.1 Å². The summed E-state index contributed by atoms with van der Waals surface area (Å²) in [5, 5.41) is 2.93. The number of nitrogens with one attached hydrogen (secondary N) is 1. The number of rotatable bonds is 7. The van der Waals surface area contributed by atoms with Gasteiger partial charge in [0.15, 0.2) is 0 Å². The first-order valence-electron chi connectivity index (χ1n) is 6.88. The van der Waals surface area contributed by atoms with Gasteiger partial charge in [-0.3, -0.25) is 9.69 Å². The number of amides is 1. The molecule has 0 aliphatic rings. The fourth-order valence-corrected chi connectivity index (χ4v) is 1.77. The van der Waals surface area contributed by atoms with Crippen molar-refractivity contribution in [2.75, 3.05) is 18.9 Å². The molecule has 3 N–H and O–H groups in total. The molecule has 0 aromatic heterocycles. The molecule has 0 heterocycles. The molecule has 1 amide bonds. The highest BCUT2D eigenvalue weighted by Gasteiger charge is 2.17. The number of nitrogens with zero attached hydrogens (tertiary/aromatic N) is 1. The van der Waals surface area contributed by atoms with Crippen LogP contribution in [-0.2, 0) is 11.3 Å². The van der Waals surface area contributed by atoms with Crippen LogP contribution in [0.2, 0.25) is 0 Å². The summed E-state index contributed by atoms with van der Waals surface area (Å²) in [5.41, 5.74) is 7.42. The molecule has 0 aliphatic heterocycles. The number of carbonyl (C=O) groups is 1. The standard InChI is InChI=1S/C15H25N3O/c1-4-5-10-18(3)12(2)15(19)17-14-8-6-13(11-16)7-9-14/h6-9,12H,4-5,10-11,16H2,1-3H3,(H,17,19). The Kier molecular flexibility index (Phi) is 6.53. The van der Waals surface area contributed by atoms with Crippen LogP contribution in [0.25, 0.3) is 0 Å². The Morgan fingerprint density at radius 3 is 2.53 bits per heavy atom. The molecule has 0 spiro atoms. The number of likely N-dealkylation sites (N-methyl/N-ethyl adjacent to an activating group) is 1. The molecule has 1 aromatic carbocycles. The van der Waals surface area contributed by atoms with Crippen LogP contribution in [0.1, 0.15) is 32.3 Å². The number of hydrogen-bond acceptors (Lipinski definition) is 3. The van der Waals surface area contributed by atoms with E-state index in [2.05, 4.69) is 17.1 Å². The van der Waals surface area contributed by atoms with Gasteiger partial charge >= 0.3 is 0 Å². The van der Waals surface area contributed by atoms with Crippen LogP contribution in [0.15, 0.2) is 24.3 Å². The normalized spacial score (nSPS) is 12.5. The second kappa shape index (κ2) is 7.92. The zero-order valence-corrected chi connectivity index (χ0v) is 12.1. The van der Waals surface area contributed by atoms with Gasteiger partial charge in [-0.05, 0) is 44.6 Å². The maximum Gasteiger partial charge on any atom is 0.241 e. The quantitative estimate of drug-likeness (QED) is 0.793. The van der Waals surface area contributed by atoms with E-state index in [9.17, 15) is 4.79 Å². The lowest BCUT2D eigenvalue weighted by molar-refractivity contribution is -0.120. The van der Waals surface area contributed by atoms with E-state index >= 15 is 0 Å². The number of anilines is 1. The van der Waals surface area contributed by atoms with Crippen LogP contribution in [0.5, 0.6) is 0 Å². The van der Waals surface area contributed by atoms with Crippen molar-refractivity contribution >= 4 is 11.6 Å². The van der Waals surface area contributed by atoms with E-state index in [1.54, 1.807) is 0 Å². The van der Waals surface area contributed by atoms with E-state index in [1.807, 2.05) is 38.2 Å². The Balaban J connectivity index is 2.52. The molecule has 0 saturated carbocycles. The van der Waals surface area contributed by atoms with Gasteiger partial charge in [-0.25, -0.2) is 0 Å². The van der Waals surface area contributed by atoms with E-state index in [-0.39, 0.29) is 11.9 Å². The van der Waals surface area contributed by atoms with Gasteiger partial charge in [0.2, 0.25) is 5.91 Å². The van der Waals surface area contributed by atoms with Crippen LogP contribution >= 0.6 is 0 Å². The van der Waals surface area contributed by atoms with Crippen molar-refractivity contribution < 1.29 is 4.79 Å². The summed E-state index contributed by atoms with van der Waals surface area (Å²) in [7, 11) is 1.98. The third-order valence-electron chi connectivity index (χ3n) is 3.36. The van der Waals surface area contributed by atoms with Crippen molar-refractivity contribution in [2.24, 2.45) is 5.73 Å². The first kappa shape index (κ1) is 15.7. The predicted octanol–water partition coefficient (Wildman–Crippen LogP) is 2.20. The second-order valence-corrected chi connectivity index (χ2v) is 4.90. The van der Waals surface area contributed by atoms with Crippen molar-refractivity contribution in [3.05, 3.63) is 29.8 Å². The van der Waals surface area contributed by atoms with Gasteiger partial charge in [0.05, 0.1) is 6.04 Å². The number of hydrogen-bond donors (Lipinski definition) is 2. The van der Waals surface area contributed by atoms with E-state index < -0.39 is 0 Å². The average Bonchev–Trinajstić information content (AvgIpc) is 2.44. The smallest absolute Gasteiger partial charge is 0.241 e. The van der Waals surface area contributed by atoms with Crippen LogP contribution in [0.3, 0.4) is 0 Å². The fourth-order valence-electron chi connectivity index (χ4n) is 1.77. The minimum Gasteiger partial charge on any atom is -0.326 e. The average molecular weight is 263 g/mol. The lowest BCUT2D eigenvalue weighted by Crippen LogP contribution is -2.40. The third kappa shape index (κ3) is 5.01. The summed E-state index contributed by atoms with van der Waals surface area (Å²) in [5.74, 6) is 0.0269. The molecule has 0 aliphatic carbocycles. The molecule has 4 nitrogen and oxygen atoms in total. The molecule has 19 heavy (non-hydrogen) atoms. The van der Waals surface area contributed by atoms with Crippen molar-refractivity contribution in [2.45, 2.75) is 39.3 Å². The molecule has 1 unspecified atom stereocenters. The second-order valence-electron chi connectivity index (χ2n) is 4.90. The molecule has 1 aromatic rings. The molecule has 106 valence electrons. The molecular weight excluding hydrogens is 238 g/mol. The highest BCUT2D eigenvalue weighted by molar-refractivity contribution is 5.94. The van der Waals surface area contributed by atoms with Gasteiger partial charge in [0.25, 0.3) is 0 Å². The van der Waals surface area contributed by atoms with Gasteiger partial charge in [-0.2, -0.15) is 0 Å². The van der Waals surface area contributed by atoms with Gasteiger partial charge in [0, 0.05) is 12.2 Å². The number of nitrogens with two attached hydrogens (primary N) is 1. The molecule has 1 rings (SSSR count). The van der Waals surface area contributed by atoms with Crippen molar-refractivity contribution in [3.63, 3.8) is 0 Å². The molecule has 0 fully saturated rings. The van der Waals surface area contributed by atoms with Crippen LogP contribution in [0.4, 0.5) is 5.69 Å². The van der Waals surface area contributed by atoms with Gasteiger partial charge in [-0.1, -0.05) is 25.5 Å². The van der Waals surface area contributed by atoms with Crippen molar-refractivity contribution in [3.8, 4) is 0 Å². The summed E-state index contributed by atoms with van der Waals surface area (Å²) in [6, 6.07) is 7.51. The Morgan fingerprint density at radius 2 is 2.00 bits per heavy atom. The first-order chi connectivity index (χ1) is 9.08. The highest BCUT2D eigenvalue weighted by atomic mass is 16.2. The Bertz CT molecular complexity index is 389. The number of carbonyl (C=O) groups excluding carboxylic acids is 1. The first-order valence-corrected chi connectivity index (χ1v) is 6.88. The van der Waals surface area contributed by atoms with Crippen molar-refractivity contribution in [1.82, 2.24) is 4.90 Å². The minimum atomic E-state index is -0.124. The Labute approximate surface area is 116 Å². The van der Waals surface area contributed by atoms with Crippen LogP contribution < -0.4 is 11.1 Å². The van der Waals surface area contributed by atoms with E-state index in [0.717, 1.165) is 30.6 Å².